The third kappa shape index (κ3) is 5.69. The summed E-state index contributed by atoms with van der Waals surface area (Å²) in [5.74, 6) is 1.42. The molecule has 0 aliphatic rings. The first-order valence-corrected chi connectivity index (χ1v) is 11.8. The Labute approximate surface area is 202 Å². The molecular weight excluding hydrogens is 446 g/mol. The van der Waals surface area contributed by atoms with Crippen molar-refractivity contribution in [2.24, 2.45) is 0 Å². The van der Waals surface area contributed by atoms with E-state index in [9.17, 15) is 4.79 Å². The van der Waals surface area contributed by atoms with Gasteiger partial charge in [-0.05, 0) is 58.9 Å². The summed E-state index contributed by atoms with van der Waals surface area (Å²) >= 11 is 1.41. The summed E-state index contributed by atoms with van der Waals surface area (Å²) in [4.78, 5) is 18.7. The van der Waals surface area contributed by atoms with Crippen molar-refractivity contribution in [1.29, 1.82) is 5.26 Å². The molecule has 1 N–H and O–H groups in total. The summed E-state index contributed by atoms with van der Waals surface area (Å²) in [6.07, 6.45) is 2.36. The number of pyridine rings is 1. The maximum atomic E-state index is 12.5. The van der Waals surface area contributed by atoms with E-state index in [1.807, 2.05) is 66.7 Å². The van der Waals surface area contributed by atoms with Crippen LogP contribution in [0, 0.1) is 11.3 Å². The Kier molecular flexibility index (Phi) is 7.68. The summed E-state index contributed by atoms with van der Waals surface area (Å²) < 4.78 is 10.7. The van der Waals surface area contributed by atoms with Crippen LogP contribution in [-0.4, -0.2) is 40.4 Å². The molecule has 4 rings (SSSR count). The molecule has 172 valence electrons. The van der Waals surface area contributed by atoms with Crippen LogP contribution in [0.2, 0.25) is 0 Å². The second kappa shape index (κ2) is 11.3. The maximum absolute atomic E-state index is 12.5. The van der Waals surface area contributed by atoms with Crippen molar-refractivity contribution in [1.82, 2.24) is 14.3 Å². The van der Waals surface area contributed by atoms with Gasteiger partial charge in [0.15, 0.2) is 5.82 Å². The molecule has 0 saturated heterocycles. The zero-order valence-electron chi connectivity index (χ0n) is 18.9. The van der Waals surface area contributed by atoms with Gasteiger partial charge in [-0.3, -0.25) is 9.78 Å². The van der Waals surface area contributed by atoms with Crippen LogP contribution in [0.1, 0.15) is 18.4 Å². The summed E-state index contributed by atoms with van der Waals surface area (Å²) in [6, 6.07) is 21.9. The topological polar surface area (TPSA) is 91.1 Å². The number of amides is 1. The summed E-state index contributed by atoms with van der Waals surface area (Å²) in [7, 11) is 1.65. The standard InChI is InChI=1S/C26H25N5O2S/c1-33-22-11-9-21(10-12-22)20-7-5-19(6-8-20)18-31(24(32)13-14-27)17-3-16-29-26-25-23(34-30-26)4-2-15-28-25/h2,4-12,15H,3,13,16-18H2,1H3,(H,29,30). The molecule has 0 aliphatic heterocycles. The fourth-order valence-electron chi connectivity index (χ4n) is 3.65. The second-order valence-electron chi connectivity index (χ2n) is 7.74. The SMILES string of the molecule is COc1ccc(-c2ccc(CN(CCCNc3nsc4cccnc34)C(=O)CC#N)cc2)cc1. The predicted molar refractivity (Wildman–Crippen MR) is 135 cm³/mol. The third-order valence-electron chi connectivity index (χ3n) is 5.46. The van der Waals surface area contributed by atoms with Gasteiger partial charge in [0.1, 0.15) is 17.7 Å². The van der Waals surface area contributed by atoms with Gasteiger partial charge in [0.2, 0.25) is 5.91 Å². The number of fused-ring (bicyclic) bond motifs is 1. The minimum Gasteiger partial charge on any atom is -0.497 e. The number of hydrogen-bond acceptors (Lipinski definition) is 7. The maximum Gasteiger partial charge on any atom is 0.237 e. The molecule has 7 nitrogen and oxygen atoms in total. The lowest BCUT2D eigenvalue weighted by atomic mass is 10.0. The van der Waals surface area contributed by atoms with Gasteiger partial charge in [0.05, 0.1) is 17.9 Å². The number of carbonyl (C=O) groups excluding carboxylic acids is 1. The lowest BCUT2D eigenvalue weighted by molar-refractivity contribution is -0.130. The molecular formula is C26H25N5O2S. The fourth-order valence-corrected chi connectivity index (χ4v) is 4.37. The number of carbonyl (C=O) groups is 1. The number of nitriles is 1. The Bertz CT molecular complexity index is 1280. The van der Waals surface area contributed by atoms with E-state index in [1.165, 1.54) is 11.5 Å². The minimum absolute atomic E-state index is 0.127. The number of aromatic nitrogens is 2. The summed E-state index contributed by atoms with van der Waals surface area (Å²) in [6.45, 7) is 1.66. The zero-order chi connectivity index (χ0) is 23.8. The van der Waals surface area contributed by atoms with E-state index in [0.717, 1.165) is 44.9 Å². The van der Waals surface area contributed by atoms with Gasteiger partial charge in [-0.15, -0.1) is 0 Å². The van der Waals surface area contributed by atoms with Crippen LogP contribution in [0.4, 0.5) is 5.82 Å². The molecule has 0 fully saturated rings. The average molecular weight is 472 g/mol. The van der Waals surface area contributed by atoms with Gasteiger partial charge in [0.25, 0.3) is 0 Å². The first kappa shape index (κ1) is 23.2. The highest BCUT2D eigenvalue weighted by Gasteiger charge is 2.14. The lowest BCUT2D eigenvalue weighted by Crippen LogP contribution is -2.32. The molecule has 4 aromatic rings. The third-order valence-corrected chi connectivity index (χ3v) is 6.26. The highest BCUT2D eigenvalue weighted by molar-refractivity contribution is 7.13. The van der Waals surface area contributed by atoms with E-state index in [1.54, 1.807) is 18.2 Å². The number of nitrogens with one attached hydrogen (secondary N) is 1. The van der Waals surface area contributed by atoms with Gasteiger partial charge >= 0.3 is 0 Å². The van der Waals surface area contributed by atoms with E-state index < -0.39 is 0 Å². The van der Waals surface area contributed by atoms with Crippen molar-refractivity contribution in [2.75, 3.05) is 25.5 Å². The normalized spacial score (nSPS) is 10.6. The van der Waals surface area contributed by atoms with Crippen molar-refractivity contribution in [2.45, 2.75) is 19.4 Å². The first-order valence-electron chi connectivity index (χ1n) is 11.0. The van der Waals surface area contributed by atoms with E-state index in [4.69, 9.17) is 10.00 Å². The molecule has 34 heavy (non-hydrogen) atoms. The number of hydrogen-bond donors (Lipinski definition) is 1. The van der Waals surface area contributed by atoms with E-state index in [-0.39, 0.29) is 12.3 Å². The van der Waals surface area contributed by atoms with Crippen LogP contribution in [-0.2, 0) is 11.3 Å². The first-order chi connectivity index (χ1) is 16.7. The smallest absolute Gasteiger partial charge is 0.237 e. The van der Waals surface area contributed by atoms with Crippen LogP contribution < -0.4 is 10.1 Å². The minimum atomic E-state index is -0.164. The van der Waals surface area contributed by atoms with Crippen LogP contribution in [0.5, 0.6) is 5.75 Å². The molecule has 0 atom stereocenters. The van der Waals surface area contributed by atoms with E-state index in [2.05, 4.69) is 14.7 Å². The van der Waals surface area contributed by atoms with Crippen molar-refractivity contribution in [3.8, 4) is 22.9 Å². The van der Waals surface area contributed by atoms with Gasteiger partial charge in [0, 0.05) is 25.8 Å². The Morgan fingerprint density at radius 2 is 1.85 bits per heavy atom. The van der Waals surface area contributed by atoms with Gasteiger partial charge in [-0.2, -0.15) is 9.64 Å². The largest absolute Gasteiger partial charge is 0.497 e. The molecule has 0 spiro atoms. The molecule has 0 bridgehead atoms. The monoisotopic (exact) mass is 471 g/mol. The Morgan fingerprint density at radius 3 is 2.56 bits per heavy atom. The highest BCUT2D eigenvalue weighted by Crippen LogP contribution is 2.24. The van der Waals surface area contributed by atoms with Crippen molar-refractivity contribution < 1.29 is 9.53 Å². The number of methoxy groups -OCH3 is 1. The van der Waals surface area contributed by atoms with E-state index in [0.29, 0.717) is 19.6 Å². The molecule has 1 amide bonds. The number of nitrogens with zero attached hydrogens (tertiary/aromatic N) is 4. The average Bonchev–Trinajstić information content (AvgIpc) is 3.29. The van der Waals surface area contributed by atoms with Crippen LogP contribution >= 0.6 is 11.5 Å². The Morgan fingerprint density at radius 1 is 1.12 bits per heavy atom. The number of benzene rings is 2. The van der Waals surface area contributed by atoms with Crippen LogP contribution in [0.25, 0.3) is 21.3 Å². The molecule has 0 radical (unpaired) electrons. The second-order valence-corrected chi connectivity index (χ2v) is 8.54. The van der Waals surface area contributed by atoms with Gasteiger partial charge in [-0.1, -0.05) is 36.4 Å². The molecule has 8 heteroatoms. The predicted octanol–water partition coefficient (Wildman–Crippen LogP) is 5.11. The molecule has 0 unspecified atom stereocenters. The summed E-state index contributed by atoms with van der Waals surface area (Å²) in [5, 5.41) is 12.3. The number of anilines is 1. The van der Waals surface area contributed by atoms with Gasteiger partial charge in [-0.25, -0.2) is 0 Å². The molecule has 2 aromatic carbocycles. The molecule has 0 saturated carbocycles. The van der Waals surface area contributed by atoms with Crippen molar-refractivity contribution >= 4 is 33.5 Å². The Balaban J connectivity index is 1.36. The van der Waals surface area contributed by atoms with Crippen molar-refractivity contribution in [3.63, 3.8) is 0 Å². The quantitative estimate of drug-likeness (QED) is 0.323. The molecule has 2 aromatic heterocycles. The highest BCUT2D eigenvalue weighted by atomic mass is 32.1. The molecule has 2 heterocycles. The Hall–Kier alpha value is -3.96. The molecule has 0 aliphatic carbocycles. The number of rotatable bonds is 10. The summed E-state index contributed by atoms with van der Waals surface area (Å²) in [5.41, 5.74) is 4.07. The number of ether oxygens (including phenoxy) is 1. The van der Waals surface area contributed by atoms with Gasteiger partial charge < -0.3 is 15.0 Å². The van der Waals surface area contributed by atoms with Crippen LogP contribution in [0.15, 0.2) is 66.9 Å². The zero-order valence-corrected chi connectivity index (χ0v) is 19.7. The van der Waals surface area contributed by atoms with E-state index >= 15 is 0 Å². The lowest BCUT2D eigenvalue weighted by Gasteiger charge is -2.22. The fraction of sp³-hybridized carbons (Fsp3) is 0.231. The van der Waals surface area contributed by atoms with Crippen molar-refractivity contribution in [3.05, 3.63) is 72.4 Å². The van der Waals surface area contributed by atoms with Crippen LogP contribution in [0.3, 0.4) is 0 Å².